The van der Waals surface area contributed by atoms with E-state index in [1.807, 2.05) is 4.90 Å². The zero-order valence-corrected chi connectivity index (χ0v) is 13.9. The molecule has 3 heteroatoms. The van der Waals surface area contributed by atoms with E-state index in [9.17, 15) is 4.79 Å². The van der Waals surface area contributed by atoms with Gasteiger partial charge in [0.1, 0.15) is 0 Å². The van der Waals surface area contributed by atoms with Crippen LogP contribution in [0.5, 0.6) is 0 Å². The highest BCUT2D eigenvalue weighted by Crippen LogP contribution is 2.25. The summed E-state index contributed by atoms with van der Waals surface area (Å²) < 4.78 is 0. The van der Waals surface area contributed by atoms with Crippen molar-refractivity contribution in [3.05, 3.63) is 29.8 Å². The molecule has 21 heavy (non-hydrogen) atoms. The molecule has 1 aliphatic heterocycles. The first kappa shape index (κ1) is 15.9. The molecule has 2 rings (SSSR count). The molecule has 0 N–H and O–H groups in total. The van der Waals surface area contributed by atoms with Crippen molar-refractivity contribution in [3.63, 3.8) is 0 Å². The minimum absolute atomic E-state index is 0.198. The summed E-state index contributed by atoms with van der Waals surface area (Å²) in [5.74, 6) is 0.306. The normalized spacial score (nSPS) is 16.2. The Hall–Kier alpha value is -1.51. The van der Waals surface area contributed by atoms with Gasteiger partial charge >= 0.3 is 0 Å². The maximum atomic E-state index is 11.9. The zero-order chi connectivity index (χ0) is 15.5. The van der Waals surface area contributed by atoms with Gasteiger partial charge in [-0.25, -0.2) is 0 Å². The molecule has 0 aromatic heterocycles. The number of benzene rings is 1. The molecule has 1 saturated heterocycles. The fraction of sp³-hybridized carbons (Fsp3) is 0.611. The van der Waals surface area contributed by atoms with Gasteiger partial charge in [0.2, 0.25) is 5.91 Å². The van der Waals surface area contributed by atoms with Gasteiger partial charge in [0.05, 0.1) is 0 Å². The Balaban J connectivity index is 1.95. The third-order valence-electron chi connectivity index (χ3n) is 4.19. The van der Waals surface area contributed by atoms with Gasteiger partial charge in [-0.15, -0.1) is 0 Å². The lowest BCUT2D eigenvalue weighted by molar-refractivity contribution is -0.131. The van der Waals surface area contributed by atoms with E-state index >= 15 is 0 Å². The van der Waals surface area contributed by atoms with Crippen LogP contribution in [0.15, 0.2) is 24.3 Å². The number of piperazine rings is 1. The van der Waals surface area contributed by atoms with Gasteiger partial charge in [-0.1, -0.05) is 39.8 Å². The molecular weight excluding hydrogens is 260 g/mol. The Kier molecular flexibility index (Phi) is 4.92. The Morgan fingerprint density at radius 1 is 1.05 bits per heavy atom. The second-order valence-corrected chi connectivity index (χ2v) is 6.91. The van der Waals surface area contributed by atoms with Crippen LogP contribution in [0.3, 0.4) is 0 Å². The summed E-state index contributed by atoms with van der Waals surface area (Å²) >= 11 is 0. The first-order valence-corrected chi connectivity index (χ1v) is 8.05. The van der Waals surface area contributed by atoms with Crippen LogP contribution in [0.25, 0.3) is 0 Å². The standard InChI is InChI=1S/C18H28N2O/c1-5-6-17(21)20-13-11-19(12-14-20)16-9-7-15(8-10-16)18(2,3)4/h7-10H,5-6,11-14H2,1-4H3. The summed E-state index contributed by atoms with van der Waals surface area (Å²) in [4.78, 5) is 16.3. The van der Waals surface area contributed by atoms with Crippen LogP contribution < -0.4 is 4.90 Å². The molecule has 0 aliphatic carbocycles. The highest BCUT2D eigenvalue weighted by Gasteiger charge is 2.21. The molecule has 1 fully saturated rings. The molecule has 3 nitrogen and oxygen atoms in total. The Labute approximate surface area is 128 Å². The maximum Gasteiger partial charge on any atom is 0.222 e. The minimum Gasteiger partial charge on any atom is -0.368 e. The van der Waals surface area contributed by atoms with Gasteiger partial charge in [0, 0.05) is 38.3 Å². The van der Waals surface area contributed by atoms with Crippen LogP contribution >= 0.6 is 0 Å². The monoisotopic (exact) mass is 288 g/mol. The molecule has 1 aromatic rings. The van der Waals surface area contributed by atoms with Crippen LogP contribution in [0.2, 0.25) is 0 Å². The quantitative estimate of drug-likeness (QED) is 0.850. The number of hydrogen-bond donors (Lipinski definition) is 0. The molecule has 0 spiro atoms. The van der Waals surface area contributed by atoms with E-state index in [2.05, 4.69) is 56.9 Å². The fourth-order valence-corrected chi connectivity index (χ4v) is 2.76. The number of anilines is 1. The SMILES string of the molecule is CCCC(=O)N1CCN(c2ccc(C(C)(C)C)cc2)CC1. The largest absolute Gasteiger partial charge is 0.368 e. The van der Waals surface area contributed by atoms with Gasteiger partial charge in [0.15, 0.2) is 0 Å². The summed E-state index contributed by atoms with van der Waals surface area (Å²) in [6, 6.07) is 8.88. The fourth-order valence-electron chi connectivity index (χ4n) is 2.76. The van der Waals surface area contributed by atoms with Crippen molar-refractivity contribution < 1.29 is 4.79 Å². The second-order valence-electron chi connectivity index (χ2n) is 6.91. The topological polar surface area (TPSA) is 23.6 Å². The highest BCUT2D eigenvalue weighted by atomic mass is 16.2. The summed E-state index contributed by atoms with van der Waals surface area (Å²) in [5, 5.41) is 0. The maximum absolute atomic E-state index is 11.9. The van der Waals surface area contributed by atoms with Crippen LogP contribution in [0.1, 0.15) is 46.1 Å². The number of rotatable bonds is 3. The summed E-state index contributed by atoms with van der Waals surface area (Å²) in [7, 11) is 0. The predicted molar refractivity (Wildman–Crippen MR) is 88.8 cm³/mol. The summed E-state index contributed by atoms with van der Waals surface area (Å²) in [5.41, 5.74) is 2.83. The first-order chi connectivity index (χ1) is 9.91. The molecule has 1 amide bonds. The Morgan fingerprint density at radius 2 is 1.62 bits per heavy atom. The van der Waals surface area contributed by atoms with Crippen molar-refractivity contribution in [2.24, 2.45) is 0 Å². The molecule has 116 valence electrons. The van der Waals surface area contributed by atoms with Crippen molar-refractivity contribution >= 4 is 11.6 Å². The van der Waals surface area contributed by atoms with E-state index in [0.717, 1.165) is 32.6 Å². The highest BCUT2D eigenvalue weighted by molar-refractivity contribution is 5.76. The Bertz CT molecular complexity index is 465. The van der Waals surface area contributed by atoms with Crippen LogP contribution in [-0.4, -0.2) is 37.0 Å². The van der Waals surface area contributed by atoms with E-state index in [4.69, 9.17) is 0 Å². The zero-order valence-electron chi connectivity index (χ0n) is 13.9. The van der Waals surface area contributed by atoms with Gasteiger partial charge < -0.3 is 9.80 Å². The lowest BCUT2D eigenvalue weighted by Crippen LogP contribution is -2.48. The van der Waals surface area contributed by atoms with E-state index in [1.165, 1.54) is 11.3 Å². The van der Waals surface area contributed by atoms with E-state index < -0.39 is 0 Å². The van der Waals surface area contributed by atoms with Crippen molar-refractivity contribution in [1.29, 1.82) is 0 Å². The van der Waals surface area contributed by atoms with Gasteiger partial charge in [-0.3, -0.25) is 4.79 Å². The third-order valence-corrected chi connectivity index (χ3v) is 4.19. The van der Waals surface area contributed by atoms with Crippen molar-refractivity contribution in [2.45, 2.75) is 46.0 Å². The van der Waals surface area contributed by atoms with E-state index in [0.29, 0.717) is 12.3 Å². The number of amides is 1. The minimum atomic E-state index is 0.198. The number of carbonyl (C=O) groups is 1. The Morgan fingerprint density at radius 3 is 2.10 bits per heavy atom. The molecule has 0 saturated carbocycles. The molecule has 0 atom stereocenters. The lowest BCUT2D eigenvalue weighted by Gasteiger charge is -2.36. The molecule has 1 heterocycles. The van der Waals surface area contributed by atoms with Crippen LogP contribution in [0, 0.1) is 0 Å². The van der Waals surface area contributed by atoms with Crippen molar-refractivity contribution in [2.75, 3.05) is 31.1 Å². The third kappa shape index (κ3) is 3.99. The van der Waals surface area contributed by atoms with E-state index in [1.54, 1.807) is 0 Å². The van der Waals surface area contributed by atoms with Gasteiger partial charge in [-0.05, 0) is 29.5 Å². The lowest BCUT2D eigenvalue weighted by atomic mass is 9.87. The molecule has 0 unspecified atom stereocenters. The van der Waals surface area contributed by atoms with Crippen molar-refractivity contribution in [3.8, 4) is 0 Å². The molecule has 0 radical (unpaired) electrons. The van der Waals surface area contributed by atoms with Crippen LogP contribution in [0.4, 0.5) is 5.69 Å². The van der Waals surface area contributed by atoms with Crippen molar-refractivity contribution in [1.82, 2.24) is 4.90 Å². The molecule has 0 bridgehead atoms. The smallest absolute Gasteiger partial charge is 0.222 e. The average molecular weight is 288 g/mol. The first-order valence-electron chi connectivity index (χ1n) is 8.05. The molecular formula is C18H28N2O. The number of carbonyl (C=O) groups excluding carboxylic acids is 1. The molecule has 1 aliphatic rings. The molecule has 1 aromatic carbocycles. The number of nitrogens with zero attached hydrogens (tertiary/aromatic N) is 2. The van der Waals surface area contributed by atoms with Gasteiger partial charge in [0.25, 0.3) is 0 Å². The second kappa shape index (κ2) is 6.50. The van der Waals surface area contributed by atoms with Gasteiger partial charge in [-0.2, -0.15) is 0 Å². The summed E-state index contributed by atoms with van der Waals surface area (Å²) in [6.07, 6.45) is 1.62. The predicted octanol–water partition coefficient (Wildman–Crippen LogP) is 3.43. The summed E-state index contributed by atoms with van der Waals surface area (Å²) in [6.45, 7) is 12.3. The van der Waals surface area contributed by atoms with Crippen LogP contribution in [-0.2, 0) is 10.2 Å². The average Bonchev–Trinajstić information content (AvgIpc) is 2.47. The van der Waals surface area contributed by atoms with E-state index in [-0.39, 0.29) is 5.41 Å². The number of hydrogen-bond acceptors (Lipinski definition) is 2.